The second-order valence-corrected chi connectivity index (χ2v) is 5.87. The Balaban J connectivity index is 2.37. The number of benzene rings is 2. The first-order valence-corrected chi connectivity index (χ1v) is 7.51. The van der Waals surface area contributed by atoms with Crippen LogP contribution in [0.4, 0.5) is 10.1 Å². The van der Waals surface area contributed by atoms with E-state index in [0.717, 1.165) is 6.07 Å². The highest BCUT2D eigenvalue weighted by Gasteiger charge is 2.18. The first kappa shape index (κ1) is 15.3. The average Bonchev–Trinajstić information content (AvgIpc) is 2.49. The first-order valence-electron chi connectivity index (χ1n) is 6.03. The number of aliphatic hydroxyl groups excluding tert-OH is 1. The number of sulfonamides is 1. The summed E-state index contributed by atoms with van der Waals surface area (Å²) in [7, 11) is -2.59. The van der Waals surface area contributed by atoms with Gasteiger partial charge in [0.25, 0.3) is 10.0 Å². The van der Waals surface area contributed by atoms with Gasteiger partial charge in [-0.3, -0.25) is 4.72 Å². The molecule has 0 saturated carbocycles. The highest BCUT2D eigenvalue weighted by molar-refractivity contribution is 7.92. The molecule has 5 nitrogen and oxygen atoms in total. The Morgan fingerprint density at radius 1 is 1.24 bits per heavy atom. The molecule has 0 atom stereocenters. The zero-order valence-corrected chi connectivity index (χ0v) is 12.0. The molecule has 0 fully saturated rings. The summed E-state index contributed by atoms with van der Waals surface area (Å²) in [5, 5.41) is 9.20. The maximum atomic E-state index is 13.3. The largest absolute Gasteiger partial charge is 0.494 e. The smallest absolute Gasteiger partial charge is 0.262 e. The predicted octanol–water partition coefficient (Wildman–Crippen LogP) is 2.13. The van der Waals surface area contributed by atoms with Gasteiger partial charge < -0.3 is 9.84 Å². The van der Waals surface area contributed by atoms with Crippen molar-refractivity contribution in [3.8, 4) is 5.75 Å². The fourth-order valence-corrected chi connectivity index (χ4v) is 3.11. The summed E-state index contributed by atoms with van der Waals surface area (Å²) in [6, 6.07) is 9.72. The Labute approximate surface area is 122 Å². The van der Waals surface area contributed by atoms with Crippen LogP contribution in [0.3, 0.4) is 0 Å². The minimum absolute atomic E-state index is 0.0317. The van der Waals surface area contributed by atoms with Gasteiger partial charge in [0.2, 0.25) is 0 Å². The minimum Gasteiger partial charge on any atom is -0.494 e. The number of aliphatic hydroxyl groups is 1. The van der Waals surface area contributed by atoms with Crippen LogP contribution < -0.4 is 9.46 Å². The molecule has 2 aromatic carbocycles. The van der Waals surface area contributed by atoms with Crippen LogP contribution in [-0.4, -0.2) is 20.6 Å². The molecule has 0 aliphatic carbocycles. The Morgan fingerprint density at radius 3 is 2.62 bits per heavy atom. The van der Waals surface area contributed by atoms with E-state index in [0.29, 0.717) is 0 Å². The Morgan fingerprint density at radius 2 is 1.95 bits per heavy atom. The van der Waals surface area contributed by atoms with Gasteiger partial charge in [0.1, 0.15) is 0 Å². The first-order chi connectivity index (χ1) is 9.97. The molecule has 2 rings (SSSR count). The number of nitrogens with one attached hydrogen (secondary N) is 1. The van der Waals surface area contributed by atoms with Crippen molar-refractivity contribution in [3.05, 3.63) is 53.8 Å². The normalized spacial score (nSPS) is 11.2. The fraction of sp³-hybridized carbons (Fsp3) is 0.143. The van der Waals surface area contributed by atoms with Crippen molar-refractivity contribution < 1.29 is 22.7 Å². The van der Waals surface area contributed by atoms with Crippen molar-refractivity contribution in [2.75, 3.05) is 11.8 Å². The average molecular weight is 311 g/mol. The molecule has 2 N–H and O–H groups in total. The molecular weight excluding hydrogens is 297 g/mol. The van der Waals surface area contributed by atoms with Gasteiger partial charge >= 0.3 is 0 Å². The van der Waals surface area contributed by atoms with Crippen molar-refractivity contribution in [1.29, 1.82) is 0 Å². The standard InChI is InChI=1S/C14H14FNO4S/c1-20-13-8-11(6-7-12(13)15)16-21(18,19)14-5-3-2-4-10(14)9-17/h2-8,16-17H,9H2,1H3. The molecule has 0 amide bonds. The van der Waals surface area contributed by atoms with E-state index in [1.54, 1.807) is 12.1 Å². The van der Waals surface area contributed by atoms with Crippen molar-refractivity contribution in [1.82, 2.24) is 0 Å². The van der Waals surface area contributed by atoms with E-state index >= 15 is 0 Å². The predicted molar refractivity (Wildman–Crippen MR) is 76.1 cm³/mol. The lowest BCUT2D eigenvalue weighted by atomic mass is 10.2. The molecular formula is C14H14FNO4S. The number of ether oxygens (including phenoxy) is 1. The van der Waals surface area contributed by atoms with Crippen LogP contribution in [-0.2, 0) is 16.6 Å². The molecule has 0 heterocycles. The van der Waals surface area contributed by atoms with Crippen LogP contribution in [0.15, 0.2) is 47.4 Å². The second kappa shape index (κ2) is 6.11. The Bertz CT molecular complexity index is 746. The van der Waals surface area contributed by atoms with E-state index < -0.39 is 22.4 Å². The Kier molecular flexibility index (Phi) is 4.44. The van der Waals surface area contributed by atoms with Crippen LogP contribution >= 0.6 is 0 Å². The van der Waals surface area contributed by atoms with Gasteiger partial charge in [0, 0.05) is 6.07 Å². The quantitative estimate of drug-likeness (QED) is 0.887. The van der Waals surface area contributed by atoms with E-state index in [-0.39, 0.29) is 21.9 Å². The van der Waals surface area contributed by atoms with Gasteiger partial charge in [-0.1, -0.05) is 18.2 Å². The van der Waals surface area contributed by atoms with Crippen LogP contribution in [0.2, 0.25) is 0 Å². The maximum Gasteiger partial charge on any atom is 0.262 e. The number of hydrogen-bond donors (Lipinski definition) is 2. The molecule has 112 valence electrons. The summed E-state index contributed by atoms with van der Waals surface area (Å²) in [4.78, 5) is -0.0317. The van der Waals surface area contributed by atoms with Gasteiger partial charge in [0.15, 0.2) is 11.6 Å². The summed E-state index contributed by atoms with van der Waals surface area (Å²) < 4.78 is 45.1. The molecule has 0 unspecified atom stereocenters. The molecule has 7 heteroatoms. The minimum atomic E-state index is -3.88. The van der Waals surface area contributed by atoms with Gasteiger partial charge in [-0.15, -0.1) is 0 Å². The summed E-state index contributed by atoms with van der Waals surface area (Å²) >= 11 is 0. The number of methoxy groups -OCH3 is 1. The van der Waals surface area contributed by atoms with E-state index in [2.05, 4.69) is 4.72 Å². The summed E-state index contributed by atoms with van der Waals surface area (Å²) in [6.07, 6.45) is 0. The third-order valence-electron chi connectivity index (χ3n) is 2.84. The molecule has 0 aromatic heterocycles. The van der Waals surface area contributed by atoms with Gasteiger partial charge in [-0.05, 0) is 23.8 Å². The van der Waals surface area contributed by atoms with Crippen molar-refractivity contribution in [2.24, 2.45) is 0 Å². The number of halogens is 1. The molecule has 0 aliphatic rings. The third kappa shape index (κ3) is 3.32. The van der Waals surface area contributed by atoms with Crippen LogP contribution in [0.25, 0.3) is 0 Å². The molecule has 2 aromatic rings. The number of hydrogen-bond acceptors (Lipinski definition) is 4. The molecule has 0 saturated heterocycles. The summed E-state index contributed by atoms with van der Waals surface area (Å²) in [5.74, 6) is -0.651. The third-order valence-corrected chi connectivity index (χ3v) is 4.32. The lowest BCUT2D eigenvalue weighted by Gasteiger charge is -2.12. The van der Waals surface area contributed by atoms with Crippen LogP contribution in [0.5, 0.6) is 5.75 Å². The van der Waals surface area contributed by atoms with Crippen LogP contribution in [0.1, 0.15) is 5.56 Å². The van der Waals surface area contributed by atoms with Crippen molar-refractivity contribution in [2.45, 2.75) is 11.5 Å². The van der Waals surface area contributed by atoms with Crippen LogP contribution in [0, 0.1) is 5.82 Å². The number of anilines is 1. The SMILES string of the molecule is COc1cc(NS(=O)(=O)c2ccccc2CO)ccc1F. The van der Waals surface area contributed by atoms with E-state index in [9.17, 15) is 17.9 Å². The van der Waals surface area contributed by atoms with Gasteiger partial charge in [-0.2, -0.15) is 0 Å². The van der Waals surface area contributed by atoms with Crippen molar-refractivity contribution in [3.63, 3.8) is 0 Å². The van der Waals surface area contributed by atoms with Gasteiger partial charge in [0.05, 0.1) is 24.3 Å². The molecule has 0 aliphatic heterocycles. The fourth-order valence-electron chi connectivity index (χ4n) is 1.83. The zero-order chi connectivity index (χ0) is 15.5. The molecule has 0 spiro atoms. The molecule has 0 radical (unpaired) electrons. The maximum absolute atomic E-state index is 13.3. The topological polar surface area (TPSA) is 75.6 Å². The molecule has 0 bridgehead atoms. The lowest BCUT2D eigenvalue weighted by molar-refractivity contribution is 0.278. The van der Waals surface area contributed by atoms with Crippen molar-refractivity contribution >= 4 is 15.7 Å². The molecule has 21 heavy (non-hydrogen) atoms. The van der Waals surface area contributed by atoms with Gasteiger partial charge in [-0.25, -0.2) is 12.8 Å². The van der Waals surface area contributed by atoms with E-state index in [1.807, 2.05) is 0 Å². The number of rotatable bonds is 5. The highest BCUT2D eigenvalue weighted by atomic mass is 32.2. The lowest BCUT2D eigenvalue weighted by Crippen LogP contribution is -2.15. The Hall–Kier alpha value is -2.12. The zero-order valence-electron chi connectivity index (χ0n) is 11.2. The second-order valence-electron chi connectivity index (χ2n) is 4.22. The summed E-state index contributed by atoms with van der Waals surface area (Å²) in [6.45, 7) is -0.399. The summed E-state index contributed by atoms with van der Waals surface area (Å²) in [5.41, 5.74) is 0.445. The van der Waals surface area contributed by atoms with E-state index in [1.165, 1.54) is 31.4 Å². The highest BCUT2D eigenvalue weighted by Crippen LogP contribution is 2.24. The monoisotopic (exact) mass is 311 g/mol. The van der Waals surface area contributed by atoms with E-state index in [4.69, 9.17) is 4.74 Å².